The highest BCUT2D eigenvalue weighted by Gasteiger charge is 2.44. The number of alkyl halides is 3. The average Bonchev–Trinajstić information content (AvgIpc) is 3.47. The number of nitrogens with one attached hydrogen (secondary N) is 2. The van der Waals surface area contributed by atoms with E-state index in [-0.39, 0.29) is 54.5 Å². The van der Waals surface area contributed by atoms with Crippen molar-refractivity contribution >= 4 is 35.6 Å². The molecule has 3 aromatic rings. The van der Waals surface area contributed by atoms with Crippen LogP contribution in [0.5, 0.6) is 11.5 Å². The molecule has 1 aliphatic carbocycles. The Labute approximate surface area is 347 Å². The van der Waals surface area contributed by atoms with Gasteiger partial charge >= 0.3 is 6.18 Å². The first-order chi connectivity index (χ1) is 28.7. The molecular weight excluding hydrogens is 780 g/mol. The van der Waals surface area contributed by atoms with E-state index in [1.807, 2.05) is 30.3 Å². The zero-order chi connectivity index (χ0) is 43.0. The summed E-state index contributed by atoms with van der Waals surface area (Å²) in [5, 5.41) is 5.49. The number of ether oxygens (including phenoxy) is 2. The first-order valence-electron chi connectivity index (χ1n) is 20.2. The number of methoxy groups -OCH3 is 1. The van der Waals surface area contributed by atoms with Crippen LogP contribution in [0.1, 0.15) is 106 Å². The van der Waals surface area contributed by atoms with E-state index >= 15 is 0 Å². The summed E-state index contributed by atoms with van der Waals surface area (Å²) < 4.78 is 50.5. The molecule has 3 aliphatic rings. The first kappa shape index (κ1) is 43.6. The van der Waals surface area contributed by atoms with Gasteiger partial charge in [-0.15, -0.1) is 0 Å². The summed E-state index contributed by atoms with van der Waals surface area (Å²) in [6.07, 6.45) is 5.28. The van der Waals surface area contributed by atoms with Crippen molar-refractivity contribution in [2.75, 3.05) is 27.3 Å². The van der Waals surface area contributed by atoms with Gasteiger partial charge in [-0.2, -0.15) is 13.2 Å². The lowest BCUT2D eigenvalue weighted by atomic mass is 9.81. The number of rotatable bonds is 16. The van der Waals surface area contributed by atoms with E-state index in [1.54, 1.807) is 42.3 Å². The van der Waals surface area contributed by atoms with E-state index in [0.29, 0.717) is 68.0 Å². The molecule has 2 N–H and O–H groups in total. The summed E-state index contributed by atoms with van der Waals surface area (Å²) >= 11 is 0. The van der Waals surface area contributed by atoms with Gasteiger partial charge in [0.15, 0.2) is 0 Å². The van der Waals surface area contributed by atoms with Gasteiger partial charge in [-0.1, -0.05) is 43.0 Å². The molecular formula is C45H50F3N5O7. The van der Waals surface area contributed by atoms with E-state index in [1.165, 1.54) is 13.3 Å². The first-order valence-corrected chi connectivity index (χ1v) is 20.2. The minimum atomic E-state index is -4.16. The van der Waals surface area contributed by atoms with E-state index in [2.05, 4.69) is 22.2 Å². The number of benzene rings is 2. The Morgan fingerprint density at radius 1 is 0.983 bits per heavy atom. The Kier molecular flexibility index (Phi) is 14.1. The lowest BCUT2D eigenvalue weighted by Crippen LogP contribution is -2.51. The van der Waals surface area contributed by atoms with Crippen molar-refractivity contribution in [2.24, 2.45) is 11.8 Å². The van der Waals surface area contributed by atoms with Crippen LogP contribution < -0.4 is 20.1 Å². The predicted octanol–water partition coefficient (Wildman–Crippen LogP) is 7.04. The molecule has 1 saturated carbocycles. The number of likely N-dealkylation sites (N-methyl/N-ethyl adjacent to an activating group) is 1. The van der Waals surface area contributed by atoms with Gasteiger partial charge in [-0.05, 0) is 99.1 Å². The summed E-state index contributed by atoms with van der Waals surface area (Å²) in [4.78, 5) is 71.7. The fraction of sp³-hybridized carbons (Fsp3) is 0.422. The summed E-state index contributed by atoms with van der Waals surface area (Å²) in [5.41, 5.74) is 3.40. The molecule has 1 aromatic heterocycles. The maximum Gasteiger partial charge on any atom is 0.391 e. The molecule has 0 spiro atoms. The van der Waals surface area contributed by atoms with Gasteiger partial charge in [0, 0.05) is 31.4 Å². The molecule has 5 amide bonds. The normalized spacial score (nSPS) is 19.3. The third-order valence-corrected chi connectivity index (χ3v) is 11.3. The number of aromatic nitrogens is 1. The highest BCUT2D eigenvalue weighted by atomic mass is 19.4. The average molecular weight is 830 g/mol. The van der Waals surface area contributed by atoms with Gasteiger partial charge in [0.1, 0.15) is 23.2 Å². The number of hydrogen-bond acceptors (Lipinski definition) is 8. The lowest BCUT2D eigenvalue weighted by Gasteiger charge is -2.29. The molecule has 2 aliphatic heterocycles. The molecule has 1 saturated heterocycles. The Bertz CT molecular complexity index is 2150. The van der Waals surface area contributed by atoms with Crippen molar-refractivity contribution in [1.82, 2.24) is 25.4 Å². The van der Waals surface area contributed by atoms with Crippen LogP contribution in [0.25, 0.3) is 6.08 Å². The number of carbonyl (C=O) groups is 5. The molecule has 2 fully saturated rings. The zero-order valence-electron chi connectivity index (χ0n) is 33.8. The maximum absolute atomic E-state index is 13.1. The Balaban J connectivity index is 0.906. The highest BCUT2D eigenvalue weighted by Crippen LogP contribution is 2.40. The molecule has 2 aromatic carbocycles. The second-order valence-corrected chi connectivity index (χ2v) is 15.6. The molecule has 15 heteroatoms. The SMILES string of the molecule is C=C1CCC(N2C(=O)c3ccc(OCCCCCN(C)C(=O)Cc4cccc(CNC(=O)c5cc(/C=C/C6CCC(C(F)(F)F)CC6)c(OC)cn5)c4)cc3C2=O)C(=O)N1. The minimum Gasteiger partial charge on any atom is -0.495 e. The molecule has 1 atom stereocenters. The van der Waals surface area contributed by atoms with Crippen LogP contribution in [0.2, 0.25) is 0 Å². The molecule has 3 heterocycles. The lowest BCUT2D eigenvalue weighted by molar-refractivity contribution is -0.183. The van der Waals surface area contributed by atoms with Crippen molar-refractivity contribution in [3.8, 4) is 11.5 Å². The van der Waals surface area contributed by atoms with E-state index < -0.39 is 41.8 Å². The number of allylic oxidation sites excluding steroid dienone is 2. The smallest absolute Gasteiger partial charge is 0.391 e. The van der Waals surface area contributed by atoms with Crippen LogP contribution in [0.3, 0.4) is 0 Å². The third kappa shape index (κ3) is 10.8. The highest BCUT2D eigenvalue weighted by molar-refractivity contribution is 6.23. The number of carbonyl (C=O) groups excluding carboxylic acids is 5. The summed E-state index contributed by atoms with van der Waals surface area (Å²) in [6, 6.07) is 12.9. The molecule has 0 bridgehead atoms. The molecule has 1 unspecified atom stereocenters. The van der Waals surface area contributed by atoms with Crippen LogP contribution >= 0.6 is 0 Å². The molecule has 12 nitrogen and oxygen atoms in total. The van der Waals surface area contributed by atoms with Crippen molar-refractivity contribution in [2.45, 2.75) is 83.0 Å². The van der Waals surface area contributed by atoms with Gasteiger partial charge in [0.05, 0.1) is 43.4 Å². The number of nitrogens with zero attached hydrogens (tertiary/aromatic N) is 3. The standard InChI is InChI=1S/C45H50F3N5O7/c1-28-10-19-38(42(56)51-28)53-43(57)35-18-17-34(25-36(35)44(53)58)60-21-6-4-5-20-52(2)40(54)23-30-8-7-9-31(22-30)26-50-41(55)37-24-32(39(59-3)27-49-37)14-11-29-12-15-33(16-13-29)45(46,47)48/h7-9,11,14,17-18,22,24-25,27,29,33,38H,1,4-6,10,12-13,15-16,19-21,23,26H2,2-3H3,(H,50,55)(H,51,56)/b14-11+. The van der Waals surface area contributed by atoms with Crippen LogP contribution in [0.4, 0.5) is 13.2 Å². The second kappa shape index (κ2) is 19.4. The Hall–Kier alpha value is -5.99. The van der Waals surface area contributed by atoms with Gasteiger partial charge in [-0.3, -0.25) is 28.9 Å². The molecule has 0 radical (unpaired) electrons. The number of amides is 5. The zero-order valence-corrected chi connectivity index (χ0v) is 33.8. The van der Waals surface area contributed by atoms with E-state index in [9.17, 15) is 37.1 Å². The van der Waals surface area contributed by atoms with Crippen LogP contribution in [-0.4, -0.2) is 83.8 Å². The summed E-state index contributed by atoms with van der Waals surface area (Å²) in [7, 11) is 3.24. The quantitative estimate of drug-likeness (QED) is 0.116. The van der Waals surface area contributed by atoms with Crippen LogP contribution in [-0.2, 0) is 22.6 Å². The fourth-order valence-corrected chi connectivity index (χ4v) is 7.76. The predicted molar refractivity (Wildman–Crippen MR) is 217 cm³/mol. The van der Waals surface area contributed by atoms with Crippen molar-refractivity contribution in [1.29, 1.82) is 0 Å². The third-order valence-electron chi connectivity index (χ3n) is 11.3. The van der Waals surface area contributed by atoms with Crippen LogP contribution in [0, 0.1) is 11.8 Å². The monoisotopic (exact) mass is 829 g/mol. The molecule has 60 heavy (non-hydrogen) atoms. The van der Waals surface area contributed by atoms with Crippen molar-refractivity contribution in [3.05, 3.63) is 107 Å². The Morgan fingerprint density at radius 3 is 2.47 bits per heavy atom. The van der Waals surface area contributed by atoms with Gasteiger partial charge in [0.2, 0.25) is 11.8 Å². The minimum absolute atomic E-state index is 0.00703. The number of unbranched alkanes of at least 4 members (excludes halogenated alkanes) is 2. The maximum atomic E-state index is 13.1. The van der Waals surface area contributed by atoms with E-state index in [0.717, 1.165) is 28.9 Å². The van der Waals surface area contributed by atoms with Gasteiger partial charge < -0.3 is 25.0 Å². The Morgan fingerprint density at radius 2 is 1.73 bits per heavy atom. The summed E-state index contributed by atoms with van der Waals surface area (Å²) in [6.45, 7) is 4.88. The number of piperidine rings is 1. The van der Waals surface area contributed by atoms with Gasteiger partial charge in [0.25, 0.3) is 17.7 Å². The summed E-state index contributed by atoms with van der Waals surface area (Å²) in [5.74, 6) is -2.24. The van der Waals surface area contributed by atoms with E-state index in [4.69, 9.17) is 9.47 Å². The van der Waals surface area contributed by atoms with Crippen molar-refractivity contribution < 1.29 is 46.6 Å². The number of hydrogen-bond donors (Lipinski definition) is 2. The van der Waals surface area contributed by atoms with Gasteiger partial charge in [-0.25, -0.2) is 4.98 Å². The largest absolute Gasteiger partial charge is 0.495 e. The van der Waals surface area contributed by atoms with Crippen molar-refractivity contribution in [3.63, 3.8) is 0 Å². The second-order valence-electron chi connectivity index (χ2n) is 15.6. The topological polar surface area (TPSA) is 147 Å². The number of fused-ring (bicyclic) bond motifs is 1. The number of pyridine rings is 1. The fourth-order valence-electron chi connectivity index (χ4n) is 7.76. The number of halogens is 3. The van der Waals surface area contributed by atoms with Crippen LogP contribution in [0.15, 0.2) is 73.1 Å². The molecule has 318 valence electrons. The molecule has 6 rings (SSSR count). The number of imide groups is 1.